The van der Waals surface area contributed by atoms with Crippen molar-refractivity contribution in [2.45, 2.75) is 38.3 Å². The van der Waals surface area contributed by atoms with Gasteiger partial charge in [0.15, 0.2) is 0 Å². The first-order valence-corrected chi connectivity index (χ1v) is 12.9. The highest BCUT2D eigenvalue weighted by Crippen LogP contribution is 2.21. The molecule has 0 saturated carbocycles. The molecule has 1 N–H and O–H groups in total. The van der Waals surface area contributed by atoms with Crippen molar-refractivity contribution in [1.82, 2.24) is 14.7 Å². The summed E-state index contributed by atoms with van der Waals surface area (Å²) in [6, 6.07) is 13.8. The average molecular weight is 500 g/mol. The Morgan fingerprint density at radius 3 is 2.25 bits per heavy atom. The Kier molecular flexibility index (Phi) is 9.18. The summed E-state index contributed by atoms with van der Waals surface area (Å²) in [4.78, 5) is 18.4. The van der Waals surface area contributed by atoms with Crippen LogP contribution in [-0.2, 0) is 11.3 Å². The van der Waals surface area contributed by atoms with Crippen molar-refractivity contribution in [2.75, 3.05) is 59.0 Å². The molecule has 2 fully saturated rings. The molecule has 2 aliphatic rings. The molecule has 2 aromatic carbocycles. The van der Waals surface area contributed by atoms with Crippen LogP contribution in [0.3, 0.4) is 0 Å². The van der Waals surface area contributed by atoms with E-state index in [1.165, 1.54) is 63.5 Å². The summed E-state index contributed by atoms with van der Waals surface area (Å²) < 4.78 is 24.9. The normalized spacial score (nSPS) is 21.7. The third-order valence-electron chi connectivity index (χ3n) is 6.91. The zero-order valence-corrected chi connectivity index (χ0v) is 21.2. The number of aliphatic hydroxyl groups is 1. The number of piperidine rings is 1. The van der Waals surface area contributed by atoms with Crippen LogP contribution in [0.5, 0.6) is 11.5 Å². The highest BCUT2D eigenvalue weighted by Gasteiger charge is 2.36. The predicted octanol–water partition coefficient (Wildman–Crippen LogP) is 3.16. The Labute approximate surface area is 213 Å². The number of likely N-dealkylation sites (tertiary alicyclic amines) is 1. The minimum absolute atomic E-state index is 0.00269. The molecule has 0 aliphatic carbocycles. The minimum atomic E-state index is -1.26. The van der Waals surface area contributed by atoms with E-state index in [0.717, 1.165) is 17.9 Å². The lowest BCUT2D eigenvalue weighted by molar-refractivity contribution is -0.132. The third kappa shape index (κ3) is 7.91. The molecule has 2 aromatic rings. The van der Waals surface area contributed by atoms with Gasteiger partial charge in [0.05, 0.1) is 6.54 Å². The average Bonchev–Trinajstić information content (AvgIpc) is 3.04. The number of nitrogens with zero attached hydrogens (tertiary/aromatic N) is 3. The maximum absolute atomic E-state index is 13.2. The molecule has 2 saturated heterocycles. The van der Waals surface area contributed by atoms with Crippen LogP contribution in [0.4, 0.5) is 4.39 Å². The van der Waals surface area contributed by atoms with Crippen molar-refractivity contribution in [3.05, 3.63) is 59.9 Å². The molecule has 1 atom stereocenters. The lowest BCUT2D eigenvalue weighted by Gasteiger charge is -2.32. The molecule has 2 heterocycles. The molecule has 0 bridgehead atoms. The minimum Gasteiger partial charge on any atom is -0.492 e. The predicted molar refractivity (Wildman–Crippen MR) is 137 cm³/mol. The van der Waals surface area contributed by atoms with Gasteiger partial charge in [0.2, 0.25) is 5.91 Å². The second-order valence-corrected chi connectivity index (χ2v) is 10.0. The van der Waals surface area contributed by atoms with E-state index in [2.05, 4.69) is 21.9 Å². The van der Waals surface area contributed by atoms with Crippen molar-refractivity contribution in [3.63, 3.8) is 0 Å². The SMILES string of the molecule is CC(=O)N1CCN(Cc2ccc(OCCN3CCCCC3)cc2)C[C@](O)(COc2ccc(F)cc2)C1. The molecule has 7 nitrogen and oxygen atoms in total. The summed E-state index contributed by atoms with van der Waals surface area (Å²) in [5.74, 6) is 0.912. The van der Waals surface area contributed by atoms with Crippen LogP contribution in [0.25, 0.3) is 0 Å². The van der Waals surface area contributed by atoms with Crippen LogP contribution in [0.2, 0.25) is 0 Å². The van der Waals surface area contributed by atoms with Gasteiger partial charge >= 0.3 is 0 Å². The summed E-state index contributed by atoms with van der Waals surface area (Å²) in [6.45, 7) is 7.85. The van der Waals surface area contributed by atoms with Crippen LogP contribution in [0, 0.1) is 5.82 Å². The van der Waals surface area contributed by atoms with Crippen molar-refractivity contribution in [3.8, 4) is 11.5 Å². The highest BCUT2D eigenvalue weighted by molar-refractivity contribution is 5.73. The molecule has 0 spiro atoms. The van der Waals surface area contributed by atoms with E-state index in [0.29, 0.717) is 38.5 Å². The lowest BCUT2D eigenvalue weighted by Crippen LogP contribution is -2.51. The van der Waals surface area contributed by atoms with E-state index in [-0.39, 0.29) is 24.9 Å². The number of ether oxygens (including phenoxy) is 2. The molecule has 0 unspecified atom stereocenters. The zero-order valence-electron chi connectivity index (χ0n) is 21.2. The molecule has 1 amide bonds. The van der Waals surface area contributed by atoms with Crippen LogP contribution < -0.4 is 9.47 Å². The van der Waals surface area contributed by atoms with Crippen LogP contribution in [0.15, 0.2) is 48.5 Å². The lowest BCUT2D eigenvalue weighted by atomic mass is 10.0. The second-order valence-electron chi connectivity index (χ2n) is 10.0. The second kappa shape index (κ2) is 12.5. The Balaban J connectivity index is 1.32. The van der Waals surface area contributed by atoms with Crippen LogP contribution >= 0.6 is 0 Å². The topological polar surface area (TPSA) is 65.5 Å². The van der Waals surface area contributed by atoms with Gasteiger partial charge in [-0.05, 0) is 67.9 Å². The van der Waals surface area contributed by atoms with Gasteiger partial charge in [-0.1, -0.05) is 18.6 Å². The number of benzene rings is 2. The zero-order chi connectivity index (χ0) is 25.4. The molecular weight excluding hydrogens is 461 g/mol. The Morgan fingerprint density at radius 1 is 0.889 bits per heavy atom. The number of rotatable bonds is 9. The van der Waals surface area contributed by atoms with E-state index in [9.17, 15) is 14.3 Å². The molecular formula is C28H38FN3O4. The summed E-state index contributed by atoms with van der Waals surface area (Å²) in [7, 11) is 0. The summed E-state index contributed by atoms with van der Waals surface area (Å²) in [6.07, 6.45) is 3.90. The van der Waals surface area contributed by atoms with Gasteiger partial charge in [-0.15, -0.1) is 0 Å². The molecule has 4 rings (SSSR count). The summed E-state index contributed by atoms with van der Waals surface area (Å²) in [5, 5.41) is 11.4. The van der Waals surface area contributed by atoms with Gasteiger partial charge < -0.3 is 19.5 Å². The number of carbonyl (C=O) groups is 1. The Morgan fingerprint density at radius 2 is 1.56 bits per heavy atom. The van der Waals surface area contributed by atoms with Gasteiger partial charge in [-0.2, -0.15) is 0 Å². The molecule has 196 valence electrons. The summed E-state index contributed by atoms with van der Waals surface area (Å²) >= 11 is 0. The van der Waals surface area contributed by atoms with Crippen LogP contribution in [-0.4, -0.2) is 90.3 Å². The largest absolute Gasteiger partial charge is 0.492 e. The molecule has 8 heteroatoms. The third-order valence-corrected chi connectivity index (χ3v) is 6.91. The van der Waals surface area contributed by atoms with E-state index in [1.54, 1.807) is 4.90 Å². The van der Waals surface area contributed by atoms with Crippen molar-refractivity contribution in [2.24, 2.45) is 0 Å². The highest BCUT2D eigenvalue weighted by atomic mass is 19.1. The maximum Gasteiger partial charge on any atom is 0.219 e. The first-order valence-electron chi connectivity index (χ1n) is 12.9. The van der Waals surface area contributed by atoms with Gasteiger partial charge in [-0.25, -0.2) is 4.39 Å². The first kappa shape index (κ1) is 26.4. The maximum atomic E-state index is 13.2. The van der Waals surface area contributed by atoms with E-state index < -0.39 is 5.60 Å². The van der Waals surface area contributed by atoms with E-state index in [4.69, 9.17) is 9.47 Å². The van der Waals surface area contributed by atoms with E-state index >= 15 is 0 Å². The molecule has 36 heavy (non-hydrogen) atoms. The number of carbonyl (C=O) groups excluding carboxylic acids is 1. The first-order chi connectivity index (χ1) is 17.4. The fraction of sp³-hybridized carbons (Fsp3) is 0.536. The molecule has 2 aliphatic heterocycles. The van der Waals surface area contributed by atoms with Crippen LogP contribution in [0.1, 0.15) is 31.7 Å². The fourth-order valence-corrected chi connectivity index (χ4v) is 4.91. The summed E-state index contributed by atoms with van der Waals surface area (Å²) in [5.41, 5.74) is -0.148. The van der Waals surface area contributed by atoms with Crippen molar-refractivity contribution >= 4 is 5.91 Å². The van der Waals surface area contributed by atoms with Crippen molar-refractivity contribution < 1.29 is 23.8 Å². The number of hydrogen-bond donors (Lipinski definition) is 1. The van der Waals surface area contributed by atoms with Crippen molar-refractivity contribution in [1.29, 1.82) is 0 Å². The standard InChI is InChI=1S/C28H38FN3O4/c1-23(33)32-16-15-31(20-28(34,21-32)22-36-27-11-7-25(29)8-12-27)19-24-5-9-26(10-6-24)35-18-17-30-13-3-2-4-14-30/h5-12,34H,2-4,13-22H2,1H3/t28-/m1/s1. The molecule has 0 aromatic heterocycles. The number of amides is 1. The fourth-order valence-electron chi connectivity index (χ4n) is 4.91. The number of β-amino-alcohol motifs (C(OH)–C–C–N with tert-alkyl or cyclic N) is 1. The Bertz CT molecular complexity index is 966. The van der Waals surface area contributed by atoms with Gasteiger partial charge in [0, 0.05) is 39.6 Å². The van der Waals surface area contributed by atoms with Gasteiger partial charge in [-0.3, -0.25) is 14.6 Å². The monoisotopic (exact) mass is 499 g/mol. The quantitative estimate of drug-likeness (QED) is 0.572. The Hall–Kier alpha value is -2.68. The van der Waals surface area contributed by atoms with Gasteiger partial charge in [0.1, 0.15) is 36.1 Å². The molecule has 0 radical (unpaired) electrons. The smallest absolute Gasteiger partial charge is 0.219 e. The number of hydrogen-bond acceptors (Lipinski definition) is 6. The number of halogens is 1. The van der Waals surface area contributed by atoms with Gasteiger partial charge in [0.25, 0.3) is 0 Å². The van der Waals surface area contributed by atoms with E-state index in [1.807, 2.05) is 12.1 Å².